The van der Waals surface area contributed by atoms with E-state index in [4.69, 9.17) is 17.5 Å². The molecule has 8 heteroatoms. The van der Waals surface area contributed by atoms with Gasteiger partial charge in [-0.2, -0.15) is 8.42 Å². The van der Waals surface area contributed by atoms with Crippen LogP contribution in [0.15, 0.2) is 0 Å². The van der Waals surface area contributed by atoms with Crippen LogP contribution in [0.2, 0.25) is 0 Å². The Kier molecular flexibility index (Phi) is 26.6. The number of rotatable bonds is 0. The van der Waals surface area contributed by atoms with Gasteiger partial charge in [-0.3, -0.25) is 9.11 Å². The molecule has 0 rings (SSSR count). The van der Waals surface area contributed by atoms with Crippen molar-refractivity contribution in [3.63, 3.8) is 0 Å². The van der Waals surface area contributed by atoms with Crippen LogP contribution in [-0.2, 0) is 10.4 Å². The van der Waals surface area contributed by atoms with Crippen LogP contribution in [0, 0.1) is 0 Å². The first-order valence-electron chi connectivity index (χ1n) is 0.698. The maximum Gasteiger partial charge on any atom is 0.316 e. The van der Waals surface area contributed by atoms with E-state index >= 15 is 0 Å². The van der Waals surface area contributed by atoms with Gasteiger partial charge in [0.2, 0.25) is 0 Å². The largest absolute Gasteiger partial charge is 0.316 e. The van der Waals surface area contributed by atoms with Crippen LogP contribution in [0.25, 0.3) is 0 Å². The molecular weight excluding hydrogens is 293 g/mol. The second-order valence-electron chi connectivity index (χ2n) is 0.448. The summed E-state index contributed by atoms with van der Waals surface area (Å²) in [4.78, 5) is 0. The van der Waals surface area contributed by atoms with Crippen molar-refractivity contribution in [3.05, 3.63) is 0 Å². The first-order chi connectivity index (χ1) is 2.00. The van der Waals surface area contributed by atoms with Gasteiger partial charge in [0.25, 0.3) is 0 Å². The molecule has 0 spiro atoms. The van der Waals surface area contributed by atoms with Crippen molar-refractivity contribution in [2.24, 2.45) is 0 Å². The van der Waals surface area contributed by atoms with E-state index in [2.05, 4.69) is 0 Å². The van der Waals surface area contributed by atoms with Crippen LogP contribution in [0.3, 0.4) is 0 Å². The van der Waals surface area contributed by atoms with E-state index in [-0.39, 0.29) is 84.3 Å². The SMILES string of the molecule is Cl.O=S(=O)(O)O.[BaH2].[MgH2]. The maximum absolute atomic E-state index is 8.74. The maximum atomic E-state index is 8.74. The smallest absolute Gasteiger partial charge is 0.316 e. The van der Waals surface area contributed by atoms with Gasteiger partial charge in [-0.1, -0.05) is 0 Å². The predicted molar refractivity (Wildman–Crippen MR) is 38.5 cm³/mol. The number of hydrogen-bond acceptors (Lipinski definition) is 2. The summed E-state index contributed by atoms with van der Waals surface area (Å²) < 4.78 is 31.6. The fourth-order valence-corrected chi connectivity index (χ4v) is 0. The van der Waals surface area contributed by atoms with Crippen LogP contribution in [-0.4, -0.2) is 89.5 Å². The summed E-state index contributed by atoms with van der Waals surface area (Å²) in [5.74, 6) is 0. The Hall–Kier alpha value is 2.50. The second-order valence-corrected chi connectivity index (χ2v) is 1.34. The number of halogens is 1. The van der Waals surface area contributed by atoms with Gasteiger partial charge in [0.05, 0.1) is 0 Å². The molecule has 0 aliphatic carbocycles. The van der Waals surface area contributed by atoms with Crippen LogP contribution in [0.5, 0.6) is 0 Å². The van der Waals surface area contributed by atoms with Crippen molar-refractivity contribution >= 4 is 94.7 Å². The molecule has 0 fully saturated rings. The van der Waals surface area contributed by atoms with Gasteiger partial charge in [-0.15, -0.1) is 12.4 Å². The molecule has 0 saturated carbocycles. The average molecular weight is 300 g/mol. The van der Waals surface area contributed by atoms with Crippen molar-refractivity contribution in [1.29, 1.82) is 0 Å². The zero-order chi connectivity index (χ0) is 4.50. The summed E-state index contributed by atoms with van der Waals surface area (Å²) in [6, 6.07) is 0. The molecule has 48 valence electrons. The molecule has 4 nitrogen and oxygen atoms in total. The molecular formula is H7BaClMgO4S. The molecule has 0 heterocycles. The van der Waals surface area contributed by atoms with Crippen molar-refractivity contribution in [2.45, 2.75) is 0 Å². The van der Waals surface area contributed by atoms with E-state index in [0.29, 0.717) is 0 Å². The van der Waals surface area contributed by atoms with E-state index in [0.717, 1.165) is 0 Å². The first-order valence-corrected chi connectivity index (χ1v) is 2.10. The molecule has 0 aliphatic heterocycles. The quantitative estimate of drug-likeness (QED) is 0.398. The molecule has 0 bridgehead atoms. The molecule has 0 aliphatic rings. The van der Waals surface area contributed by atoms with E-state index in [1.165, 1.54) is 0 Å². The van der Waals surface area contributed by atoms with Crippen LogP contribution < -0.4 is 0 Å². The predicted octanol–water partition coefficient (Wildman–Crippen LogP) is -2.06. The van der Waals surface area contributed by atoms with Gasteiger partial charge < -0.3 is 0 Å². The Morgan fingerprint density at radius 3 is 1.12 bits per heavy atom. The van der Waals surface area contributed by atoms with Gasteiger partial charge in [0.15, 0.2) is 0 Å². The molecule has 0 aromatic carbocycles. The molecule has 0 aromatic rings. The summed E-state index contributed by atoms with van der Waals surface area (Å²) in [7, 11) is -4.67. The van der Waals surface area contributed by atoms with Crippen molar-refractivity contribution in [3.8, 4) is 0 Å². The van der Waals surface area contributed by atoms with Gasteiger partial charge in [0, 0.05) is 0 Å². The van der Waals surface area contributed by atoms with Crippen molar-refractivity contribution < 1.29 is 17.5 Å². The Labute approximate surface area is 110 Å². The average Bonchev–Trinajstić information content (AvgIpc) is 0.722. The summed E-state index contributed by atoms with van der Waals surface area (Å²) in [5.41, 5.74) is 0. The molecule has 0 atom stereocenters. The third kappa shape index (κ3) is 76.6. The van der Waals surface area contributed by atoms with Gasteiger partial charge in [0.1, 0.15) is 0 Å². The fourth-order valence-electron chi connectivity index (χ4n) is 0. The minimum absolute atomic E-state index is 0. The number of hydrogen-bond donors (Lipinski definition) is 2. The minimum atomic E-state index is -4.67. The normalized spacial score (nSPS) is 7.25. The molecule has 0 aromatic heterocycles. The zero-order valence-electron chi connectivity index (χ0n) is 2.53. The fraction of sp³-hybridized carbons (Fsp3) is 0. The van der Waals surface area contributed by atoms with E-state index < -0.39 is 10.4 Å². The van der Waals surface area contributed by atoms with Crippen molar-refractivity contribution in [1.82, 2.24) is 0 Å². The molecule has 0 amide bonds. The van der Waals surface area contributed by atoms with Crippen LogP contribution in [0.1, 0.15) is 0 Å². The third-order valence-electron chi connectivity index (χ3n) is 0. The second kappa shape index (κ2) is 9.50. The van der Waals surface area contributed by atoms with Crippen LogP contribution >= 0.6 is 12.4 Å². The van der Waals surface area contributed by atoms with Crippen LogP contribution in [0.4, 0.5) is 0 Å². The van der Waals surface area contributed by atoms with E-state index in [1.807, 2.05) is 0 Å². The molecule has 0 radical (unpaired) electrons. The van der Waals surface area contributed by atoms with Gasteiger partial charge in [-0.25, -0.2) is 0 Å². The Morgan fingerprint density at radius 1 is 1.12 bits per heavy atom. The van der Waals surface area contributed by atoms with E-state index in [1.54, 1.807) is 0 Å². The summed E-state index contributed by atoms with van der Waals surface area (Å²) >= 11 is 0. The Balaban J connectivity index is -0.0000000267. The molecule has 0 saturated heterocycles. The Bertz CT molecular complexity index is 99.2. The molecule has 8 heavy (non-hydrogen) atoms. The van der Waals surface area contributed by atoms with Crippen molar-refractivity contribution in [2.75, 3.05) is 0 Å². The summed E-state index contributed by atoms with van der Waals surface area (Å²) in [5, 5.41) is 0. The molecule has 0 unspecified atom stereocenters. The van der Waals surface area contributed by atoms with Gasteiger partial charge >= 0.3 is 82.3 Å². The minimum Gasteiger partial charge on any atom is 0.316 e. The summed E-state index contributed by atoms with van der Waals surface area (Å²) in [6.45, 7) is 0. The molecule has 2 N–H and O–H groups in total. The standard InChI is InChI=1S/Ba.ClH.Mg.H2O4S.4H/c;;;1-5(2,3)4;;;;/h;1H;;(H2,1,2,3,4);;;;. The van der Waals surface area contributed by atoms with E-state index in [9.17, 15) is 0 Å². The third-order valence-corrected chi connectivity index (χ3v) is 0. The monoisotopic (exact) mass is 300 g/mol. The van der Waals surface area contributed by atoms with Gasteiger partial charge in [-0.05, 0) is 0 Å². The summed E-state index contributed by atoms with van der Waals surface area (Å²) in [6.07, 6.45) is 0. The first kappa shape index (κ1) is 22.4. The zero-order valence-corrected chi connectivity index (χ0v) is 4.16. The Morgan fingerprint density at radius 2 is 1.12 bits per heavy atom. The topological polar surface area (TPSA) is 74.6 Å².